The zero-order valence-electron chi connectivity index (χ0n) is 11.8. The Morgan fingerprint density at radius 2 is 2.28 bits per heavy atom. The molecule has 102 valence electrons. The fraction of sp³-hybridized carbons (Fsp3) is 0.786. The van der Waals surface area contributed by atoms with E-state index in [-0.39, 0.29) is 0 Å². The van der Waals surface area contributed by atoms with Crippen LogP contribution in [0.2, 0.25) is 0 Å². The first kappa shape index (κ1) is 14.0. The maximum Gasteiger partial charge on any atom is 0.107 e. The van der Waals surface area contributed by atoms with Gasteiger partial charge < -0.3 is 5.32 Å². The lowest BCUT2D eigenvalue weighted by Gasteiger charge is -2.36. The van der Waals surface area contributed by atoms with Crippen LogP contribution in [0, 0.1) is 5.92 Å². The Bertz CT molecular complexity index is 364. The quantitative estimate of drug-likeness (QED) is 0.889. The summed E-state index contributed by atoms with van der Waals surface area (Å²) in [7, 11) is 0. The van der Waals surface area contributed by atoms with Gasteiger partial charge in [0.15, 0.2) is 0 Å². The first-order valence-electron chi connectivity index (χ1n) is 7.07. The van der Waals surface area contributed by atoms with Gasteiger partial charge >= 0.3 is 0 Å². The van der Waals surface area contributed by atoms with Crippen molar-refractivity contribution in [1.82, 2.24) is 15.2 Å². The minimum absolute atomic E-state index is 0.708. The van der Waals surface area contributed by atoms with Gasteiger partial charge in [-0.15, -0.1) is 11.3 Å². The van der Waals surface area contributed by atoms with Gasteiger partial charge in [-0.05, 0) is 32.2 Å². The highest BCUT2D eigenvalue weighted by Gasteiger charge is 2.23. The Balaban J connectivity index is 1.89. The smallest absolute Gasteiger partial charge is 0.107 e. The Morgan fingerprint density at radius 3 is 3.06 bits per heavy atom. The zero-order valence-corrected chi connectivity index (χ0v) is 12.6. The molecule has 2 atom stereocenters. The molecule has 18 heavy (non-hydrogen) atoms. The van der Waals surface area contributed by atoms with Crippen molar-refractivity contribution in [3.05, 3.63) is 16.1 Å². The summed E-state index contributed by atoms with van der Waals surface area (Å²) in [5.74, 6) is 0.834. The third kappa shape index (κ3) is 3.77. The summed E-state index contributed by atoms with van der Waals surface area (Å²) in [5.41, 5.74) is 1.24. The average Bonchev–Trinajstić information content (AvgIpc) is 2.79. The third-order valence-electron chi connectivity index (χ3n) is 3.74. The number of piperidine rings is 1. The highest BCUT2D eigenvalue weighted by Crippen LogP contribution is 2.23. The standard InChI is InChI=1S/C14H25N3S/c1-4-15-7-14-16-13(10-18-14)9-17-8-11(2)5-6-12(17)3/h10-12,15H,4-9H2,1-3H3. The first-order valence-corrected chi connectivity index (χ1v) is 7.95. The number of likely N-dealkylation sites (tertiary alicyclic amines) is 1. The van der Waals surface area contributed by atoms with Crippen LogP contribution in [0.5, 0.6) is 0 Å². The van der Waals surface area contributed by atoms with Gasteiger partial charge in [-0.2, -0.15) is 0 Å². The molecule has 0 aliphatic carbocycles. The van der Waals surface area contributed by atoms with E-state index in [0.29, 0.717) is 6.04 Å². The fourth-order valence-corrected chi connectivity index (χ4v) is 3.30. The van der Waals surface area contributed by atoms with Crippen LogP contribution in [0.3, 0.4) is 0 Å². The van der Waals surface area contributed by atoms with Gasteiger partial charge in [-0.25, -0.2) is 4.98 Å². The molecule has 4 heteroatoms. The molecule has 3 nitrogen and oxygen atoms in total. The van der Waals surface area contributed by atoms with E-state index in [2.05, 4.69) is 36.4 Å². The number of rotatable bonds is 5. The van der Waals surface area contributed by atoms with Crippen molar-refractivity contribution in [2.24, 2.45) is 5.92 Å². The third-order valence-corrected chi connectivity index (χ3v) is 4.64. The van der Waals surface area contributed by atoms with Crippen LogP contribution in [-0.4, -0.2) is 29.0 Å². The lowest BCUT2D eigenvalue weighted by molar-refractivity contribution is 0.116. The topological polar surface area (TPSA) is 28.2 Å². The normalized spacial score (nSPS) is 25.5. The van der Waals surface area contributed by atoms with E-state index in [1.165, 1.54) is 30.1 Å². The molecular weight excluding hydrogens is 242 g/mol. The lowest BCUT2D eigenvalue weighted by atomic mass is 9.95. The molecule has 0 saturated carbocycles. The molecule has 1 N–H and O–H groups in total. The van der Waals surface area contributed by atoms with Gasteiger partial charge in [0.25, 0.3) is 0 Å². The molecule has 0 spiro atoms. The minimum atomic E-state index is 0.708. The molecule has 1 saturated heterocycles. The second-order valence-corrected chi connectivity index (χ2v) is 6.42. The molecule has 2 unspecified atom stereocenters. The summed E-state index contributed by atoms with van der Waals surface area (Å²) in [5, 5.41) is 6.77. The molecule has 1 aliphatic rings. The first-order chi connectivity index (χ1) is 8.69. The molecule has 2 rings (SSSR count). The van der Waals surface area contributed by atoms with E-state index in [1.54, 1.807) is 11.3 Å². The Morgan fingerprint density at radius 1 is 1.44 bits per heavy atom. The highest BCUT2D eigenvalue weighted by atomic mass is 32.1. The van der Waals surface area contributed by atoms with Gasteiger partial charge in [0.2, 0.25) is 0 Å². The number of nitrogens with one attached hydrogen (secondary N) is 1. The molecule has 0 bridgehead atoms. The van der Waals surface area contributed by atoms with E-state index >= 15 is 0 Å². The van der Waals surface area contributed by atoms with Crippen LogP contribution >= 0.6 is 11.3 Å². The fourth-order valence-electron chi connectivity index (χ4n) is 2.54. The minimum Gasteiger partial charge on any atom is -0.311 e. The summed E-state index contributed by atoms with van der Waals surface area (Å²) in [6.07, 6.45) is 2.70. The van der Waals surface area contributed by atoms with Gasteiger partial charge in [-0.3, -0.25) is 4.90 Å². The van der Waals surface area contributed by atoms with Crippen molar-refractivity contribution in [3.63, 3.8) is 0 Å². The van der Waals surface area contributed by atoms with Crippen molar-refractivity contribution in [1.29, 1.82) is 0 Å². The van der Waals surface area contributed by atoms with Crippen LogP contribution in [0.25, 0.3) is 0 Å². The van der Waals surface area contributed by atoms with Crippen molar-refractivity contribution < 1.29 is 0 Å². The van der Waals surface area contributed by atoms with Gasteiger partial charge in [-0.1, -0.05) is 13.8 Å². The number of thiazole rings is 1. The second-order valence-electron chi connectivity index (χ2n) is 5.47. The van der Waals surface area contributed by atoms with Crippen LogP contribution < -0.4 is 5.32 Å². The molecule has 0 amide bonds. The number of hydrogen-bond acceptors (Lipinski definition) is 4. The highest BCUT2D eigenvalue weighted by molar-refractivity contribution is 7.09. The molecule has 2 heterocycles. The summed E-state index contributed by atoms with van der Waals surface area (Å²) in [6, 6.07) is 0.708. The molecule has 1 aromatic rings. The maximum absolute atomic E-state index is 4.72. The van der Waals surface area contributed by atoms with E-state index in [9.17, 15) is 0 Å². The van der Waals surface area contributed by atoms with Crippen LogP contribution in [0.15, 0.2) is 5.38 Å². The van der Waals surface area contributed by atoms with Crippen LogP contribution in [-0.2, 0) is 13.1 Å². The Hall–Kier alpha value is -0.450. The molecule has 1 aliphatic heterocycles. The van der Waals surface area contributed by atoms with Crippen molar-refractivity contribution in [2.45, 2.75) is 52.7 Å². The van der Waals surface area contributed by atoms with Crippen molar-refractivity contribution in [2.75, 3.05) is 13.1 Å². The van der Waals surface area contributed by atoms with E-state index < -0.39 is 0 Å². The van der Waals surface area contributed by atoms with E-state index in [1.807, 2.05) is 0 Å². The van der Waals surface area contributed by atoms with Gasteiger partial charge in [0.05, 0.1) is 5.69 Å². The summed E-state index contributed by atoms with van der Waals surface area (Å²) in [6.45, 7) is 11.0. The summed E-state index contributed by atoms with van der Waals surface area (Å²) >= 11 is 1.78. The SMILES string of the molecule is CCNCc1nc(CN2CC(C)CCC2C)cs1. The number of aromatic nitrogens is 1. The molecule has 1 aromatic heterocycles. The Labute approximate surface area is 115 Å². The van der Waals surface area contributed by atoms with E-state index in [4.69, 9.17) is 4.98 Å². The Kier molecular flexibility index (Phi) is 5.15. The lowest BCUT2D eigenvalue weighted by Crippen LogP contribution is -2.40. The van der Waals surface area contributed by atoms with Gasteiger partial charge in [0.1, 0.15) is 5.01 Å². The summed E-state index contributed by atoms with van der Waals surface area (Å²) < 4.78 is 0. The molecule has 0 aromatic carbocycles. The maximum atomic E-state index is 4.72. The monoisotopic (exact) mass is 267 g/mol. The zero-order chi connectivity index (χ0) is 13.0. The number of nitrogens with zero attached hydrogens (tertiary/aromatic N) is 2. The van der Waals surface area contributed by atoms with Crippen molar-refractivity contribution in [3.8, 4) is 0 Å². The second kappa shape index (κ2) is 6.64. The summed E-state index contributed by atoms with van der Waals surface area (Å²) in [4.78, 5) is 7.30. The van der Waals surface area contributed by atoms with Crippen LogP contribution in [0.1, 0.15) is 44.3 Å². The molecule has 1 fully saturated rings. The molecule has 0 radical (unpaired) electrons. The average molecular weight is 267 g/mol. The van der Waals surface area contributed by atoms with Crippen LogP contribution in [0.4, 0.5) is 0 Å². The predicted octanol–water partition coefficient (Wildman–Crippen LogP) is 2.87. The number of hydrogen-bond donors (Lipinski definition) is 1. The van der Waals surface area contributed by atoms with Gasteiger partial charge in [0, 0.05) is 31.1 Å². The predicted molar refractivity (Wildman–Crippen MR) is 77.8 cm³/mol. The van der Waals surface area contributed by atoms with Crippen molar-refractivity contribution >= 4 is 11.3 Å². The van der Waals surface area contributed by atoms with E-state index in [0.717, 1.165) is 25.6 Å². The molecular formula is C14H25N3S. The largest absolute Gasteiger partial charge is 0.311 e.